The molecule has 0 aromatic carbocycles. The molecule has 4 heteroatoms. The maximum atomic E-state index is 9.34. The highest BCUT2D eigenvalue weighted by Crippen LogP contribution is 2.24. The number of nitrogens with one attached hydrogen (secondary N) is 1. The summed E-state index contributed by atoms with van der Waals surface area (Å²) in [6, 6.07) is 6.39. The van der Waals surface area contributed by atoms with Gasteiger partial charge in [0.05, 0.1) is 5.69 Å². The largest absolute Gasteiger partial charge is 0.396 e. The lowest BCUT2D eigenvalue weighted by atomic mass is 9.85. The van der Waals surface area contributed by atoms with E-state index in [-0.39, 0.29) is 0 Å². The first kappa shape index (κ1) is 13.0. The van der Waals surface area contributed by atoms with Crippen molar-refractivity contribution in [3.8, 4) is 0 Å². The minimum absolute atomic E-state index is 0.295. The molecule has 0 spiro atoms. The topological polar surface area (TPSA) is 45.1 Å². The second kappa shape index (κ2) is 6.47. The number of aliphatic hydroxyl groups excluding tert-OH is 1. The van der Waals surface area contributed by atoms with Gasteiger partial charge in [0.15, 0.2) is 0 Å². The zero-order valence-corrected chi connectivity index (χ0v) is 11.5. The van der Waals surface area contributed by atoms with Crippen molar-refractivity contribution in [3.05, 3.63) is 28.5 Å². The van der Waals surface area contributed by atoms with Crippen molar-refractivity contribution in [2.24, 2.45) is 5.92 Å². The molecule has 17 heavy (non-hydrogen) atoms. The summed E-state index contributed by atoms with van der Waals surface area (Å²) in [5, 5.41) is 12.9. The first-order chi connectivity index (χ1) is 8.29. The molecule has 2 unspecified atom stereocenters. The van der Waals surface area contributed by atoms with E-state index in [1.807, 2.05) is 18.2 Å². The molecule has 3 nitrogen and oxygen atoms in total. The zero-order chi connectivity index (χ0) is 12.1. The van der Waals surface area contributed by atoms with Gasteiger partial charge in [0.2, 0.25) is 0 Å². The van der Waals surface area contributed by atoms with Crippen molar-refractivity contribution in [3.63, 3.8) is 0 Å². The van der Waals surface area contributed by atoms with Gasteiger partial charge in [-0.05, 0) is 46.8 Å². The third-order valence-corrected chi connectivity index (χ3v) is 3.90. The highest BCUT2D eigenvalue weighted by atomic mass is 79.9. The lowest BCUT2D eigenvalue weighted by Crippen LogP contribution is -2.39. The van der Waals surface area contributed by atoms with Gasteiger partial charge in [-0.25, -0.2) is 4.98 Å². The smallest absolute Gasteiger partial charge is 0.106 e. The fraction of sp³-hybridized carbons (Fsp3) is 0.615. The Labute approximate surface area is 111 Å². The van der Waals surface area contributed by atoms with E-state index in [1.165, 1.54) is 19.3 Å². The van der Waals surface area contributed by atoms with Crippen LogP contribution >= 0.6 is 15.9 Å². The molecule has 1 aromatic heterocycles. The van der Waals surface area contributed by atoms with Gasteiger partial charge < -0.3 is 10.4 Å². The van der Waals surface area contributed by atoms with Gasteiger partial charge in [-0.3, -0.25) is 0 Å². The van der Waals surface area contributed by atoms with Crippen LogP contribution in [0.1, 0.15) is 31.4 Å². The molecule has 1 heterocycles. The standard InChI is InChI=1S/C13H19BrN2O/c14-13-7-3-5-11(16-13)8-15-12-6-2-1-4-10(12)9-17/h3,5,7,10,12,15,17H,1-2,4,6,8-9H2. The maximum Gasteiger partial charge on any atom is 0.106 e. The molecule has 2 rings (SSSR count). The van der Waals surface area contributed by atoms with Gasteiger partial charge >= 0.3 is 0 Å². The summed E-state index contributed by atoms with van der Waals surface area (Å²) in [5.41, 5.74) is 1.04. The van der Waals surface area contributed by atoms with E-state index in [4.69, 9.17) is 0 Å². The van der Waals surface area contributed by atoms with E-state index in [1.54, 1.807) is 0 Å². The molecule has 0 saturated heterocycles. The Morgan fingerprint density at radius 1 is 1.35 bits per heavy atom. The summed E-state index contributed by atoms with van der Waals surface area (Å²) < 4.78 is 0.874. The summed E-state index contributed by atoms with van der Waals surface area (Å²) in [5.74, 6) is 0.413. The van der Waals surface area contributed by atoms with E-state index < -0.39 is 0 Å². The van der Waals surface area contributed by atoms with Crippen LogP contribution in [0.4, 0.5) is 0 Å². The van der Waals surface area contributed by atoms with Crippen LogP contribution in [-0.4, -0.2) is 22.7 Å². The summed E-state index contributed by atoms with van der Waals surface area (Å²) in [4.78, 5) is 4.40. The molecule has 0 bridgehead atoms. The number of halogens is 1. The van der Waals surface area contributed by atoms with E-state index in [9.17, 15) is 5.11 Å². The van der Waals surface area contributed by atoms with Gasteiger partial charge in [-0.15, -0.1) is 0 Å². The molecule has 0 aliphatic heterocycles. The third-order valence-electron chi connectivity index (χ3n) is 3.46. The Hall–Kier alpha value is -0.450. The minimum atomic E-state index is 0.295. The fourth-order valence-electron chi connectivity index (χ4n) is 2.48. The molecule has 1 aliphatic rings. The molecule has 1 fully saturated rings. The van der Waals surface area contributed by atoms with Gasteiger partial charge in [0.25, 0.3) is 0 Å². The molecule has 0 amide bonds. The lowest BCUT2D eigenvalue weighted by molar-refractivity contribution is 0.152. The quantitative estimate of drug-likeness (QED) is 0.840. The highest BCUT2D eigenvalue weighted by Gasteiger charge is 2.23. The molecule has 2 atom stereocenters. The van der Waals surface area contributed by atoms with Crippen LogP contribution in [0.3, 0.4) is 0 Å². The van der Waals surface area contributed by atoms with Crippen molar-refractivity contribution < 1.29 is 5.11 Å². The van der Waals surface area contributed by atoms with Crippen molar-refractivity contribution in [2.75, 3.05) is 6.61 Å². The Kier molecular flexibility index (Phi) is 4.95. The third kappa shape index (κ3) is 3.76. The Bertz CT molecular complexity index is 359. The van der Waals surface area contributed by atoms with Crippen LogP contribution in [0.2, 0.25) is 0 Å². The van der Waals surface area contributed by atoms with Crippen molar-refractivity contribution >= 4 is 15.9 Å². The average Bonchev–Trinajstić information content (AvgIpc) is 2.37. The number of pyridine rings is 1. The summed E-state index contributed by atoms with van der Waals surface area (Å²) in [6.45, 7) is 1.07. The van der Waals surface area contributed by atoms with E-state index in [0.717, 1.165) is 23.3 Å². The van der Waals surface area contributed by atoms with Gasteiger partial charge in [-0.1, -0.05) is 18.9 Å². The summed E-state index contributed by atoms with van der Waals surface area (Å²) in [6.07, 6.45) is 4.82. The number of hydrogen-bond acceptors (Lipinski definition) is 3. The van der Waals surface area contributed by atoms with Crippen molar-refractivity contribution in [1.29, 1.82) is 0 Å². The predicted octanol–water partition coefficient (Wildman–Crippen LogP) is 2.48. The summed E-state index contributed by atoms with van der Waals surface area (Å²) >= 11 is 3.37. The van der Waals surface area contributed by atoms with Crippen LogP contribution in [0.5, 0.6) is 0 Å². The number of aliphatic hydroxyl groups is 1. The fourth-order valence-corrected chi connectivity index (χ4v) is 2.86. The number of aromatic nitrogens is 1. The highest BCUT2D eigenvalue weighted by molar-refractivity contribution is 9.10. The Morgan fingerprint density at radius 2 is 2.18 bits per heavy atom. The SMILES string of the molecule is OCC1CCCCC1NCc1cccc(Br)n1. The van der Waals surface area contributed by atoms with Crippen LogP contribution < -0.4 is 5.32 Å². The zero-order valence-electron chi connectivity index (χ0n) is 9.90. The first-order valence-electron chi connectivity index (χ1n) is 6.25. The summed E-state index contributed by atoms with van der Waals surface area (Å²) in [7, 11) is 0. The van der Waals surface area contributed by atoms with E-state index >= 15 is 0 Å². The number of rotatable bonds is 4. The van der Waals surface area contributed by atoms with E-state index in [2.05, 4.69) is 26.2 Å². The van der Waals surface area contributed by atoms with Crippen molar-refractivity contribution in [2.45, 2.75) is 38.3 Å². The molecule has 94 valence electrons. The Morgan fingerprint density at radius 3 is 2.94 bits per heavy atom. The first-order valence-corrected chi connectivity index (χ1v) is 7.04. The molecular formula is C13H19BrN2O. The van der Waals surface area contributed by atoms with Gasteiger partial charge in [0.1, 0.15) is 4.60 Å². The monoisotopic (exact) mass is 298 g/mol. The van der Waals surface area contributed by atoms with Crippen LogP contribution in [0, 0.1) is 5.92 Å². The second-order valence-electron chi connectivity index (χ2n) is 4.67. The molecule has 1 saturated carbocycles. The normalized spacial score (nSPS) is 24.8. The van der Waals surface area contributed by atoms with Gasteiger partial charge in [-0.2, -0.15) is 0 Å². The van der Waals surface area contributed by atoms with Crippen LogP contribution in [-0.2, 0) is 6.54 Å². The van der Waals surface area contributed by atoms with Crippen LogP contribution in [0.25, 0.3) is 0 Å². The van der Waals surface area contributed by atoms with E-state index in [0.29, 0.717) is 18.6 Å². The number of hydrogen-bond donors (Lipinski definition) is 2. The molecular weight excluding hydrogens is 280 g/mol. The lowest BCUT2D eigenvalue weighted by Gasteiger charge is -2.30. The second-order valence-corrected chi connectivity index (χ2v) is 5.48. The average molecular weight is 299 g/mol. The number of nitrogens with zero attached hydrogens (tertiary/aromatic N) is 1. The predicted molar refractivity (Wildman–Crippen MR) is 71.6 cm³/mol. The molecule has 1 aromatic rings. The molecule has 1 aliphatic carbocycles. The minimum Gasteiger partial charge on any atom is -0.396 e. The molecule has 2 N–H and O–H groups in total. The maximum absolute atomic E-state index is 9.34. The van der Waals surface area contributed by atoms with Crippen LogP contribution in [0.15, 0.2) is 22.8 Å². The van der Waals surface area contributed by atoms with Crippen molar-refractivity contribution in [1.82, 2.24) is 10.3 Å². The Balaban J connectivity index is 1.88. The van der Waals surface area contributed by atoms with Gasteiger partial charge in [0, 0.05) is 19.2 Å². The molecule has 0 radical (unpaired) electrons.